The van der Waals surface area contributed by atoms with Crippen LogP contribution in [0.15, 0.2) is 11.6 Å². The number of hydrogen-bond acceptors (Lipinski definition) is 6. The number of carbonyl (C=O) groups excluding carboxylic acids is 3. The number of piperidine rings is 1. The van der Waals surface area contributed by atoms with E-state index < -0.39 is 17.8 Å². The molecule has 90 valence electrons. The van der Waals surface area contributed by atoms with Crippen molar-refractivity contribution in [2.24, 2.45) is 5.92 Å². The summed E-state index contributed by atoms with van der Waals surface area (Å²) < 4.78 is 10.1. The molecule has 2 atom stereocenters. The van der Waals surface area contributed by atoms with Crippen molar-refractivity contribution in [3.63, 3.8) is 0 Å². The second-order valence-corrected chi connectivity index (χ2v) is 4.50. The number of hydrogen-bond donors (Lipinski definition) is 0. The average molecular weight is 237 g/mol. The van der Waals surface area contributed by atoms with Crippen LogP contribution in [-0.4, -0.2) is 41.6 Å². The van der Waals surface area contributed by atoms with Crippen LogP contribution in [0.25, 0.3) is 0 Å². The van der Waals surface area contributed by atoms with Crippen LogP contribution in [0.5, 0.6) is 0 Å². The number of rotatable bonds is 1. The highest BCUT2D eigenvalue weighted by atomic mass is 16.8. The third kappa shape index (κ3) is 1.27. The van der Waals surface area contributed by atoms with Crippen molar-refractivity contribution in [1.82, 2.24) is 4.90 Å². The molecule has 2 bridgehead atoms. The zero-order chi connectivity index (χ0) is 12.2. The van der Waals surface area contributed by atoms with Gasteiger partial charge in [-0.25, -0.2) is 14.5 Å². The van der Waals surface area contributed by atoms with Gasteiger partial charge in [-0.15, -0.1) is 0 Å². The van der Waals surface area contributed by atoms with Crippen molar-refractivity contribution in [3.05, 3.63) is 11.6 Å². The molecule has 0 radical (unpaired) electrons. The van der Waals surface area contributed by atoms with E-state index in [0.717, 1.165) is 6.42 Å². The minimum absolute atomic E-state index is 0.123. The Morgan fingerprint density at radius 2 is 2.06 bits per heavy atom. The van der Waals surface area contributed by atoms with Gasteiger partial charge in [-0.2, -0.15) is 0 Å². The highest BCUT2D eigenvalue weighted by Crippen LogP contribution is 2.48. The molecule has 3 saturated heterocycles. The van der Waals surface area contributed by atoms with Crippen molar-refractivity contribution in [1.29, 1.82) is 0 Å². The normalized spacial score (nSPS) is 35.5. The predicted molar refractivity (Wildman–Crippen MR) is 53.4 cm³/mol. The molecule has 3 aliphatic rings. The van der Waals surface area contributed by atoms with Gasteiger partial charge in [0.25, 0.3) is 0 Å². The molecule has 0 N–H and O–H groups in total. The molecule has 0 aliphatic carbocycles. The van der Waals surface area contributed by atoms with Crippen LogP contribution < -0.4 is 0 Å². The summed E-state index contributed by atoms with van der Waals surface area (Å²) in [7, 11) is 0. The van der Waals surface area contributed by atoms with Crippen LogP contribution >= 0.6 is 0 Å². The largest absolute Gasteiger partial charge is 0.422 e. The van der Waals surface area contributed by atoms with Crippen molar-refractivity contribution < 1.29 is 23.9 Å². The van der Waals surface area contributed by atoms with Gasteiger partial charge in [0, 0.05) is 24.6 Å². The van der Waals surface area contributed by atoms with Gasteiger partial charge in [-0.05, 0) is 19.4 Å². The Balaban J connectivity index is 2.05. The third-order valence-electron chi connectivity index (χ3n) is 3.40. The molecule has 6 nitrogen and oxygen atoms in total. The van der Waals surface area contributed by atoms with Gasteiger partial charge in [0.2, 0.25) is 0 Å². The maximum atomic E-state index is 11.2. The molecule has 0 amide bonds. The van der Waals surface area contributed by atoms with Crippen LogP contribution in [0, 0.1) is 5.92 Å². The summed E-state index contributed by atoms with van der Waals surface area (Å²) in [6.07, 6.45) is 2.30. The fourth-order valence-corrected chi connectivity index (χ4v) is 2.75. The first-order valence-corrected chi connectivity index (χ1v) is 5.47. The lowest BCUT2D eigenvalue weighted by Crippen LogP contribution is -2.47. The zero-order valence-corrected chi connectivity index (χ0v) is 9.26. The molecule has 0 aromatic carbocycles. The molecule has 0 aromatic heterocycles. The molecule has 3 aliphatic heterocycles. The van der Waals surface area contributed by atoms with Crippen LogP contribution in [0.2, 0.25) is 0 Å². The van der Waals surface area contributed by atoms with Gasteiger partial charge in [0.05, 0.1) is 0 Å². The minimum Gasteiger partial charge on any atom is -0.396 e. The Kier molecular flexibility index (Phi) is 1.95. The van der Waals surface area contributed by atoms with E-state index in [2.05, 4.69) is 0 Å². The first-order valence-electron chi connectivity index (χ1n) is 5.47. The number of allylic oxidation sites excluding steroid dienone is 1. The van der Waals surface area contributed by atoms with Gasteiger partial charge in [-0.1, -0.05) is 0 Å². The summed E-state index contributed by atoms with van der Waals surface area (Å²) in [5.41, 5.74) is 0.593. The summed E-state index contributed by atoms with van der Waals surface area (Å²) in [5, 5.41) is 0. The maximum absolute atomic E-state index is 11.2. The van der Waals surface area contributed by atoms with E-state index >= 15 is 0 Å². The van der Waals surface area contributed by atoms with Gasteiger partial charge >= 0.3 is 17.8 Å². The number of esters is 2. The fourth-order valence-electron chi connectivity index (χ4n) is 2.75. The third-order valence-corrected chi connectivity index (χ3v) is 3.40. The first kappa shape index (κ1) is 10.5. The molecule has 6 heteroatoms. The van der Waals surface area contributed by atoms with Gasteiger partial charge in [-0.3, -0.25) is 4.79 Å². The topological polar surface area (TPSA) is 72.9 Å². The molecular formula is C11H11NO5. The molecule has 2 unspecified atom stereocenters. The number of nitrogens with zero attached hydrogens (tertiary/aromatic N) is 1. The molecule has 3 heterocycles. The Bertz CT molecular complexity index is 450. The number of ketones is 1. The molecular weight excluding hydrogens is 226 g/mol. The smallest absolute Gasteiger partial charge is 0.396 e. The van der Waals surface area contributed by atoms with Crippen molar-refractivity contribution in [3.8, 4) is 0 Å². The Morgan fingerprint density at radius 1 is 1.41 bits per heavy atom. The monoisotopic (exact) mass is 237 g/mol. The van der Waals surface area contributed by atoms with Gasteiger partial charge in [0.15, 0.2) is 5.78 Å². The highest BCUT2D eigenvalue weighted by molar-refractivity contribution is 6.31. The van der Waals surface area contributed by atoms with E-state index in [0.29, 0.717) is 18.7 Å². The molecule has 3 fully saturated rings. The van der Waals surface area contributed by atoms with Crippen LogP contribution in [-0.2, 0) is 23.9 Å². The van der Waals surface area contributed by atoms with E-state index in [9.17, 15) is 14.4 Å². The molecule has 3 rings (SSSR count). The second-order valence-electron chi connectivity index (χ2n) is 4.50. The molecule has 1 spiro atoms. The Hall–Kier alpha value is -1.69. The standard InChI is InChI=1S/C11H11NO5/c1-6(13)4-8-7-2-3-12(5-7)11(8)16-9(14)10(15)17-11/h4,7H,2-3,5H2,1H3/b8-4-. The van der Waals surface area contributed by atoms with E-state index in [1.165, 1.54) is 13.0 Å². The van der Waals surface area contributed by atoms with Crippen LogP contribution in [0.3, 0.4) is 0 Å². The first-order chi connectivity index (χ1) is 8.03. The second kappa shape index (κ2) is 3.16. The number of carbonyl (C=O) groups is 3. The lowest BCUT2D eigenvalue weighted by atomic mass is 9.95. The quantitative estimate of drug-likeness (QED) is 0.351. The highest BCUT2D eigenvalue weighted by Gasteiger charge is 2.64. The summed E-state index contributed by atoms with van der Waals surface area (Å²) in [6.45, 7) is 2.76. The lowest BCUT2D eigenvalue weighted by molar-refractivity contribution is -0.216. The molecule has 17 heavy (non-hydrogen) atoms. The van der Waals surface area contributed by atoms with Gasteiger partial charge < -0.3 is 9.47 Å². The number of ether oxygens (including phenoxy) is 2. The summed E-state index contributed by atoms with van der Waals surface area (Å²) in [5.74, 6) is -3.44. The Morgan fingerprint density at radius 3 is 2.65 bits per heavy atom. The maximum Gasteiger partial charge on any atom is 0.422 e. The van der Waals surface area contributed by atoms with Crippen molar-refractivity contribution in [2.75, 3.05) is 13.1 Å². The summed E-state index contributed by atoms with van der Waals surface area (Å²) in [4.78, 5) is 35.4. The zero-order valence-electron chi connectivity index (χ0n) is 9.26. The average Bonchev–Trinajstić information content (AvgIpc) is 2.87. The SMILES string of the molecule is CC(=O)/C=C1/C2CCN(C2)C12OC(=O)C(=O)O2. The van der Waals surface area contributed by atoms with Crippen LogP contribution in [0.1, 0.15) is 13.3 Å². The Labute approximate surface area is 97.2 Å². The van der Waals surface area contributed by atoms with E-state index in [1.54, 1.807) is 4.90 Å². The van der Waals surface area contributed by atoms with E-state index in [-0.39, 0.29) is 11.7 Å². The summed E-state index contributed by atoms with van der Waals surface area (Å²) >= 11 is 0. The number of fused-ring (bicyclic) bond motifs is 3. The predicted octanol–water partition coefficient (Wildman–Crippen LogP) is -0.409. The molecule has 0 saturated carbocycles. The van der Waals surface area contributed by atoms with Crippen molar-refractivity contribution >= 4 is 17.7 Å². The minimum atomic E-state index is -1.43. The summed E-state index contributed by atoms with van der Waals surface area (Å²) in [6, 6.07) is 0. The fraction of sp³-hybridized carbons (Fsp3) is 0.545. The van der Waals surface area contributed by atoms with E-state index in [1.807, 2.05) is 0 Å². The van der Waals surface area contributed by atoms with Crippen molar-refractivity contribution in [2.45, 2.75) is 19.3 Å². The van der Waals surface area contributed by atoms with E-state index in [4.69, 9.17) is 9.47 Å². The lowest BCUT2D eigenvalue weighted by Gasteiger charge is -2.33. The van der Waals surface area contributed by atoms with Gasteiger partial charge in [0.1, 0.15) is 0 Å². The molecule has 0 aromatic rings. The van der Waals surface area contributed by atoms with Crippen LogP contribution in [0.4, 0.5) is 0 Å².